The Balaban J connectivity index is 2.19. The topological polar surface area (TPSA) is 46.6 Å². The van der Waals surface area contributed by atoms with Crippen LogP contribution in [-0.2, 0) is 20.9 Å². The molecule has 1 fully saturated rings. The van der Waals surface area contributed by atoms with Gasteiger partial charge < -0.3 is 4.74 Å². The van der Waals surface area contributed by atoms with Gasteiger partial charge in [0, 0.05) is 4.47 Å². The lowest BCUT2D eigenvalue weighted by Crippen LogP contribution is -2.45. The number of carbonyl (C=O) groups is 2. The van der Waals surface area contributed by atoms with Crippen LogP contribution in [0.3, 0.4) is 0 Å². The molecule has 0 atom stereocenters. The molecule has 0 aromatic heterocycles. The SMILES string of the molecule is O=C1COCC(=O)N1Cc1cc(F)cc(Br)c1. The molecule has 17 heavy (non-hydrogen) atoms. The first kappa shape index (κ1) is 12.2. The standard InChI is InChI=1S/C11H9BrFNO3/c12-8-1-7(2-9(13)3-8)4-14-10(15)5-17-6-11(14)16/h1-3H,4-6H2. The second-order valence-electron chi connectivity index (χ2n) is 3.64. The first-order chi connectivity index (χ1) is 8.06. The minimum Gasteiger partial charge on any atom is -0.362 e. The van der Waals surface area contributed by atoms with Gasteiger partial charge in [0.15, 0.2) is 0 Å². The van der Waals surface area contributed by atoms with E-state index in [1.807, 2.05) is 0 Å². The van der Waals surface area contributed by atoms with E-state index in [0.29, 0.717) is 10.0 Å². The van der Waals surface area contributed by atoms with Crippen molar-refractivity contribution in [2.24, 2.45) is 0 Å². The lowest BCUT2D eigenvalue weighted by Gasteiger charge is -2.24. The Bertz CT molecular complexity index is 442. The first-order valence-corrected chi connectivity index (χ1v) is 5.71. The molecule has 0 unspecified atom stereocenters. The molecular weight excluding hydrogens is 293 g/mol. The van der Waals surface area contributed by atoms with Gasteiger partial charge in [-0.1, -0.05) is 15.9 Å². The van der Waals surface area contributed by atoms with Crippen LogP contribution in [0, 0.1) is 5.82 Å². The van der Waals surface area contributed by atoms with Crippen LogP contribution in [0.4, 0.5) is 4.39 Å². The highest BCUT2D eigenvalue weighted by atomic mass is 79.9. The molecule has 2 rings (SSSR count). The maximum absolute atomic E-state index is 13.1. The third-order valence-corrected chi connectivity index (χ3v) is 2.77. The van der Waals surface area contributed by atoms with E-state index >= 15 is 0 Å². The number of nitrogens with zero attached hydrogens (tertiary/aromatic N) is 1. The monoisotopic (exact) mass is 301 g/mol. The van der Waals surface area contributed by atoms with E-state index in [1.54, 1.807) is 6.07 Å². The van der Waals surface area contributed by atoms with Crippen molar-refractivity contribution in [3.8, 4) is 0 Å². The average Bonchev–Trinajstić information content (AvgIpc) is 2.22. The smallest absolute Gasteiger partial charge is 0.255 e. The largest absolute Gasteiger partial charge is 0.362 e. The fourth-order valence-corrected chi connectivity index (χ4v) is 2.09. The number of hydrogen-bond acceptors (Lipinski definition) is 3. The molecule has 0 spiro atoms. The minimum absolute atomic E-state index is 0.0669. The molecule has 0 bridgehead atoms. The van der Waals surface area contributed by atoms with E-state index in [2.05, 4.69) is 15.9 Å². The van der Waals surface area contributed by atoms with Gasteiger partial charge in [0.2, 0.25) is 0 Å². The molecule has 1 saturated heterocycles. The molecule has 1 aliphatic rings. The number of halogens is 2. The van der Waals surface area contributed by atoms with Gasteiger partial charge in [-0.15, -0.1) is 0 Å². The predicted molar refractivity (Wildman–Crippen MR) is 60.5 cm³/mol. The Morgan fingerprint density at radius 3 is 2.47 bits per heavy atom. The highest BCUT2D eigenvalue weighted by molar-refractivity contribution is 9.10. The Labute approximate surface area is 105 Å². The summed E-state index contributed by atoms with van der Waals surface area (Å²) in [7, 11) is 0. The van der Waals surface area contributed by atoms with Crippen molar-refractivity contribution < 1.29 is 18.7 Å². The van der Waals surface area contributed by atoms with Crippen LogP contribution in [0.2, 0.25) is 0 Å². The highest BCUT2D eigenvalue weighted by Crippen LogP contribution is 2.17. The number of rotatable bonds is 2. The number of hydrogen-bond donors (Lipinski definition) is 0. The molecule has 90 valence electrons. The highest BCUT2D eigenvalue weighted by Gasteiger charge is 2.26. The molecule has 2 amide bonds. The number of imide groups is 1. The maximum Gasteiger partial charge on any atom is 0.255 e. The van der Waals surface area contributed by atoms with Gasteiger partial charge in [0.05, 0.1) is 6.54 Å². The molecule has 1 aliphatic heterocycles. The van der Waals surface area contributed by atoms with E-state index in [-0.39, 0.29) is 19.8 Å². The molecule has 1 aromatic rings. The van der Waals surface area contributed by atoms with Crippen molar-refractivity contribution >= 4 is 27.7 Å². The van der Waals surface area contributed by atoms with E-state index in [4.69, 9.17) is 4.74 Å². The molecule has 1 aromatic carbocycles. The molecule has 4 nitrogen and oxygen atoms in total. The van der Waals surface area contributed by atoms with Crippen LogP contribution in [0.15, 0.2) is 22.7 Å². The quantitative estimate of drug-likeness (QED) is 0.777. The van der Waals surface area contributed by atoms with Gasteiger partial charge in [0.25, 0.3) is 11.8 Å². The van der Waals surface area contributed by atoms with Crippen LogP contribution in [0.5, 0.6) is 0 Å². The van der Waals surface area contributed by atoms with E-state index in [1.165, 1.54) is 12.1 Å². The van der Waals surface area contributed by atoms with Gasteiger partial charge in [-0.3, -0.25) is 14.5 Å². The van der Waals surface area contributed by atoms with Crippen LogP contribution < -0.4 is 0 Å². The van der Waals surface area contributed by atoms with Crippen LogP contribution in [0.25, 0.3) is 0 Å². The predicted octanol–water partition coefficient (Wildman–Crippen LogP) is 1.47. The van der Waals surface area contributed by atoms with Gasteiger partial charge in [-0.25, -0.2) is 4.39 Å². The van der Waals surface area contributed by atoms with Crippen LogP contribution >= 0.6 is 15.9 Å². The summed E-state index contributed by atoms with van der Waals surface area (Å²) in [6.45, 7) is -0.151. The molecule has 0 N–H and O–H groups in total. The Morgan fingerprint density at radius 2 is 1.88 bits per heavy atom. The Morgan fingerprint density at radius 1 is 1.24 bits per heavy atom. The van der Waals surface area contributed by atoms with Crippen molar-refractivity contribution in [1.29, 1.82) is 0 Å². The summed E-state index contributed by atoms with van der Waals surface area (Å²) in [5.74, 6) is -1.22. The summed E-state index contributed by atoms with van der Waals surface area (Å²) >= 11 is 3.15. The minimum atomic E-state index is -0.414. The number of benzene rings is 1. The van der Waals surface area contributed by atoms with Crippen molar-refractivity contribution in [2.45, 2.75) is 6.54 Å². The zero-order chi connectivity index (χ0) is 12.4. The van der Waals surface area contributed by atoms with Crippen molar-refractivity contribution in [2.75, 3.05) is 13.2 Å². The fourth-order valence-electron chi connectivity index (χ4n) is 1.58. The Kier molecular flexibility index (Phi) is 3.54. The second-order valence-corrected chi connectivity index (χ2v) is 4.56. The molecule has 0 saturated carbocycles. The number of carbonyl (C=O) groups excluding carboxylic acids is 2. The Hall–Kier alpha value is -1.27. The van der Waals surface area contributed by atoms with Gasteiger partial charge in [-0.05, 0) is 23.8 Å². The third-order valence-electron chi connectivity index (χ3n) is 2.32. The van der Waals surface area contributed by atoms with Crippen molar-refractivity contribution in [3.63, 3.8) is 0 Å². The van der Waals surface area contributed by atoms with Crippen molar-refractivity contribution in [3.05, 3.63) is 34.1 Å². The normalized spacial score (nSPS) is 16.5. The molecule has 1 heterocycles. The number of ether oxygens (including phenoxy) is 1. The molecular formula is C11H9BrFNO3. The zero-order valence-corrected chi connectivity index (χ0v) is 10.4. The summed E-state index contributed by atoms with van der Waals surface area (Å²) in [6.07, 6.45) is 0. The molecule has 0 aliphatic carbocycles. The van der Waals surface area contributed by atoms with Crippen LogP contribution in [0.1, 0.15) is 5.56 Å². The van der Waals surface area contributed by atoms with Crippen LogP contribution in [-0.4, -0.2) is 29.9 Å². The maximum atomic E-state index is 13.1. The van der Waals surface area contributed by atoms with E-state index in [9.17, 15) is 14.0 Å². The van der Waals surface area contributed by atoms with Crippen molar-refractivity contribution in [1.82, 2.24) is 4.90 Å². The van der Waals surface area contributed by atoms with Gasteiger partial charge >= 0.3 is 0 Å². The summed E-state index contributed by atoms with van der Waals surface area (Å²) in [5.41, 5.74) is 0.556. The average molecular weight is 302 g/mol. The summed E-state index contributed by atoms with van der Waals surface area (Å²) in [6, 6.07) is 4.27. The second kappa shape index (κ2) is 4.93. The summed E-state index contributed by atoms with van der Waals surface area (Å²) in [4.78, 5) is 24.0. The molecule has 6 heteroatoms. The number of morpholine rings is 1. The number of amides is 2. The zero-order valence-electron chi connectivity index (χ0n) is 8.78. The first-order valence-electron chi connectivity index (χ1n) is 4.92. The lowest BCUT2D eigenvalue weighted by molar-refractivity contribution is -0.159. The van der Waals surface area contributed by atoms with Gasteiger partial charge in [0.1, 0.15) is 19.0 Å². The van der Waals surface area contributed by atoms with Gasteiger partial charge in [-0.2, -0.15) is 0 Å². The fraction of sp³-hybridized carbons (Fsp3) is 0.273. The summed E-state index contributed by atoms with van der Waals surface area (Å²) in [5, 5.41) is 0. The van der Waals surface area contributed by atoms with E-state index < -0.39 is 17.6 Å². The van der Waals surface area contributed by atoms with E-state index in [0.717, 1.165) is 4.90 Å². The molecule has 0 radical (unpaired) electrons. The summed E-state index contributed by atoms with van der Waals surface area (Å²) < 4.78 is 18.5. The lowest BCUT2D eigenvalue weighted by atomic mass is 10.2. The third kappa shape index (κ3) is 2.89.